The molecule has 1 aromatic carbocycles. The zero-order valence-corrected chi connectivity index (χ0v) is 10.6. The lowest BCUT2D eigenvalue weighted by Crippen LogP contribution is -2.19. The van der Waals surface area contributed by atoms with Crippen molar-refractivity contribution in [3.05, 3.63) is 34.9 Å². The third-order valence-electron chi connectivity index (χ3n) is 2.56. The van der Waals surface area contributed by atoms with Gasteiger partial charge < -0.3 is 14.8 Å². The maximum atomic E-state index is 10.5. The molecule has 5 heteroatoms. The van der Waals surface area contributed by atoms with E-state index in [4.69, 9.17) is 5.11 Å². The zero-order chi connectivity index (χ0) is 12.4. The highest BCUT2D eigenvalue weighted by atomic mass is 79.9. The highest BCUT2D eigenvalue weighted by molar-refractivity contribution is 9.10. The standard InChI is InChI=1S/C12H12BrNO3/c13-10-7-14(6-8(15)5-12(16)17)11-4-2-1-3-9(10)11/h1-4,7-8,15H,5-6H2,(H,16,17). The molecule has 0 aliphatic rings. The summed E-state index contributed by atoms with van der Waals surface area (Å²) in [6.07, 6.45) is 0.732. The van der Waals surface area contributed by atoms with Crippen LogP contribution in [0.15, 0.2) is 34.9 Å². The van der Waals surface area contributed by atoms with Crippen LogP contribution in [0.2, 0.25) is 0 Å². The minimum atomic E-state index is -0.993. The largest absolute Gasteiger partial charge is 0.481 e. The molecule has 90 valence electrons. The fourth-order valence-corrected chi connectivity index (χ4v) is 2.43. The summed E-state index contributed by atoms with van der Waals surface area (Å²) in [7, 11) is 0. The number of benzene rings is 1. The normalized spacial score (nSPS) is 12.8. The Morgan fingerprint density at radius 1 is 1.41 bits per heavy atom. The Kier molecular flexibility index (Phi) is 3.49. The molecule has 0 saturated heterocycles. The molecule has 2 rings (SSSR count). The van der Waals surface area contributed by atoms with Gasteiger partial charge in [-0.15, -0.1) is 0 Å². The summed E-state index contributed by atoms with van der Waals surface area (Å²) in [6.45, 7) is 0.276. The number of hydrogen-bond donors (Lipinski definition) is 2. The molecule has 4 nitrogen and oxygen atoms in total. The number of aliphatic hydroxyl groups is 1. The predicted molar refractivity (Wildman–Crippen MR) is 67.9 cm³/mol. The Bertz CT molecular complexity index is 550. The van der Waals surface area contributed by atoms with Crippen LogP contribution in [-0.4, -0.2) is 26.9 Å². The Labute approximate surface area is 107 Å². The summed E-state index contributed by atoms with van der Waals surface area (Å²) in [4.78, 5) is 10.5. The van der Waals surface area contributed by atoms with Crippen molar-refractivity contribution in [1.29, 1.82) is 0 Å². The smallest absolute Gasteiger partial charge is 0.306 e. The van der Waals surface area contributed by atoms with E-state index in [0.717, 1.165) is 15.4 Å². The molecule has 1 aromatic heterocycles. The zero-order valence-electron chi connectivity index (χ0n) is 9.01. The van der Waals surface area contributed by atoms with Gasteiger partial charge in [0.1, 0.15) is 0 Å². The van der Waals surface area contributed by atoms with Crippen LogP contribution in [0.3, 0.4) is 0 Å². The van der Waals surface area contributed by atoms with E-state index in [9.17, 15) is 9.90 Å². The van der Waals surface area contributed by atoms with Gasteiger partial charge in [-0.1, -0.05) is 18.2 Å². The van der Waals surface area contributed by atoms with Crippen LogP contribution < -0.4 is 0 Å². The molecule has 17 heavy (non-hydrogen) atoms. The Hall–Kier alpha value is -1.33. The first-order valence-electron chi connectivity index (χ1n) is 5.21. The molecular weight excluding hydrogens is 286 g/mol. The van der Waals surface area contributed by atoms with Gasteiger partial charge in [0, 0.05) is 28.1 Å². The van der Waals surface area contributed by atoms with Crippen LogP contribution in [0.5, 0.6) is 0 Å². The minimum Gasteiger partial charge on any atom is -0.481 e. The Morgan fingerprint density at radius 2 is 2.12 bits per heavy atom. The molecule has 0 fully saturated rings. The number of para-hydroxylation sites is 1. The molecule has 0 spiro atoms. The SMILES string of the molecule is O=C(O)CC(O)Cn1cc(Br)c2ccccc21. The number of carboxylic acid groups (broad SMARTS) is 1. The van der Waals surface area contributed by atoms with Crippen LogP contribution >= 0.6 is 15.9 Å². The van der Waals surface area contributed by atoms with Gasteiger partial charge in [0.25, 0.3) is 0 Å². The van der Waals surface area contributed by atoms with E-state index in [2.05, 4.69) is 15.9 Å². The van der Waals surface area contributed by atoms with E-state index in [1.165, 1.54) is 0 Å². The quantitative estimate of drug-likeness (QED) is 0.910. The average Bonchev–Trinajstić information content (AvgIpc) is 2.55. The van der Waals surface area contributed by atoms with E-state index in [1.807, 2.05) is 35.0 Å². The third-order valence-corrected chi connectivity index (χ3v) is 3.19. The van der Waals surface area contributed by atoms with E-state index >= 15 is 0 Å². The molecule has 0 amide bonds. The first-order valence-corrected chi connectivity index (χ1v) is 6.00. The number of aliphatic carboxylic acids is 1. The van der Waals surface area contributed by atoms with Crippen LogP contribution in [0, 0.1) is 0 Å². The predicted octanol–water partition coefficient (Wildman–Crippen LogP) is 2.24. The Morgan fingerprint density at radius 3 is 2.82 bits per heavy atom. The maximum Gasteiger partial charge on any atom is 0.306 e. The fraction of sp³-hybridized carbons (Fsp3) is 0.250. The molecule has 2 N–H and O–H groups in total. The second-order valence-corrected chi connectivity index (χ2v) is 4.75. The van der Waals surface area contributed by atoms with Gasteiger partial charge in [-0.25, -0.2) is 0 Å². The summed E-state index contributed by atoms with van der Waals surface area (Å²) in [5, 5.41) is 19.3. The first-order chi connectivity index (χ1) is 8.08. The molecular formula is C12H12BrNO3. The topological polar surface area (TPSA) is 62.5 Å². The summed E-state index contributed by atoms with van der Waals surface area (Å²) in [5.41, 5.74) is 0.976. The second kappa shape index (κ2) is 4.89. The fourth-order valence-electron chi connectivity index (χ4n) is 1.85. The number of aromatic nitrogens is 1. The summed E-state index contributed by atoms with van der Waals surface area (Å²) < 4.78 is 2.79. The van der Waals surface area contributed by atoms with E-state index in [-0.39, 0.29) is 13.0 Å². The van der Waals surface area contributed by atoms with E-state index in [0.29, 0.717) is 0 Å². The van der Waals surface area contributed by atoms with Crippen molar-refractivity contribution >= 4 is 32.8 Å². The van der Waals surface area contributed by atoms with Crippen LogP contribution in [0.4, 0.5) is 0 Å². The molecule has 1 heterocycles. The molecule has 0 saturated carbocycles. The Balaban J connectivity index is 2.27. The van der Waals surface area contributed by atoms with Crippen molar-refractivity contribution in [2.45, 2.75) is 19.1 Å². The van der Waals surface area contributed by atoms with Gasteiger partial charge in [0.2, 0.25) is 0 Å². The highest BCUT2D eigenvalue weighted by Gasteiger charge is 2.12. The minimum absolute atomic E-state index is 0.246. The van der Waals surface area contributed by atoms with Gasteiger partial charge in [-0.2, -0.15) is 0 Å². The molecule has 1 unspecified atom stereocenters. The summed E-state index contributed by atoms with van der Waals surface area (Å²) in [6, 6.07) is 7.76. The average molecular weight is 298 g/mol. The molecule has 2 aromatic rings. The lowest BCUT2D eigenvalue weighted by Gasteiger charge is -2.10. The number of fused-ring (bicyclic) bond motifs is 1. The van der Waals surface area contributed by atoms with Crippen LogP contribution in [0.1, 0.15) is 6.42 Å². The first kappa shape index (κ1) is 12.1. The van der Waals surface area contributed by atoms with Crippen molar-refractivity contribution in [2.24, 2.45) is 0 Å². The molecule has 1 atom stereocenters. The molecule has 0 aliphatic carbocycles. The maximum absolute atomic E-state index is 10.5. The van der Waals surface area contributed by atoms with Gasteiger partial charge in [-0.3, -0.25) is 4.79 Å². The van der Waals surface area contributed by atoms with Crippen LogP contribution in [0.25, 0.3) is 10.9 Å². The number of carbonyl (C=O) groups is 1. The molecule has 0 aliphatic heterocycles. The van der Waals surface area contributed by atoms with Gasteiger partial charge in [0.05, 0.1) is 12.5 Å². The monoisotopic (exact) mass is 297 g/mol. The number of aliphatic hydroxyl groups excluding tert-OH is 1. The summed E-state index contributed by atoms with van der Waals surface area (Å²) >= 11 is 3.44. The molecule has 0 radical (unpaired) electrons. The van der Waals surface area contributed by atoms with Crippen molar-refractivity contribution in [2.75, 3.05) is 0 Å². The number of carboxylic acids is 1. The van der Waals surface area contributed by atoms with Crippen LogP contribution in [-0.2, 0) is 11.3 Å². The summed E-state index contributed by atoms with van der Waals surface area (Å²) in [5.74, 6) is -0.993. The number of hydrogen-bond acceptors (Lipinski definition) is 2. The number of halogens is 1. The van der Waals surface area contributed by atoms with E-state index in [1.54, 1.807) is 0 Å². The van der Waals surface area contributed by atoms with Crippen molar-refractivity contribution in [3.8, 4) is 0 Å². The van der Waals surface area contributed by atoms with Crippen molar-refractivity contribution in [1.82, 2.24) is 4.57 Å². The third kappa shape index (κ3) is 2.68. The van der Waals surface area contributed by atoms with Crippen molar-refractivity contribution in [3.63, 3.8) is 0 Å². The van der Waals surface area contributed by atoms with Gasteiger partial charge in [-0.05, 0) is 22.0 Å². The van der Waals surface area contributed by atoms with Gasteiger partial charge in [0.15, 0.2) is 0 Å². The highest BCUT2D eigenvalue weighted by Crippen LogP contribution is 2.26. The second-order valence-electron chi connectivity index (χ2n) is 3.90. The number of rotatable bonds is 4. The van der Waals surface area contributed by atoms with Gasteiger partial charge >= 0.3 is 5.97 Å². The van der Waals surface area contributed by atoms with E-state index < -0.39 is 12.1 Å². The number of nitrogens with zero attached hydrogens (tertiary/aromatic N) is 1. The lowest BCUT2D eigenvalue weighted by molar-refractivity contribution is -0.139. The lowest BCUT2D eigenvalue weighted by atomic mass is 10.2. The molecule has 0 bridgehead atoms. The van der Waals surface area contributed by atoms with Crippen molar-refractivity contribution < 1.29 is 15.0 Å².